The van der Waals surface area contributed by atoms with E-state index in [-0.39, 0.29) is 30.3 Å². The zero-order valence-corrected chi connectivity index (χ0v) is 22.6. The Kier molecular flexibility index (Phi) is 9.07. The van der Waals surface area contributed by atoms with Crippen LogP contribution in [0.1, 0.15) is 57.5 Å². The third-order valence-electron chi connectivity index (χ3n) is 6.85. The molecule has 1 aromatic heterocycles. The molecular weight excluding hydrogens is 507 g/mol. The molecule has 0 radical (unpaired) electrons. The van der Waals surface area contributed by atoms with Gasteiger partial charge in [0, 0.05) is 19.2 Å². The van der Waals surface area contributed by atoms with Crippen molar-refractivity contribution in [2.75, 3.05) is 19.8 Å². The van der Waals surface area contributed by atoms with E-state index in [1.54, 1.807) is 9.58 Å². The predicted molar refractivity (Wildman–Crippen MR) is 142 cm³/mol. The standard InChI is InChI=1S/C29H36F3N5O2/c1-29(2,3)25(36(14-13-21(33)17-30)28(38)24-10-7-15-39-24)27-34-26(22-16-20(31)11-12-23(22)32)35-37(27)18-19-8-5-4-6-9-19/h4-6,8-9,11-12,16,21,24-25H,7,10,13-15,17-18,33H2,1-3H3/t21-,24+,25+/m1/s1. The van der Waals surface area contributed by atoms with Gasteiger partial charge in [0.05, 0.1) is 18.2 Å². The Morgan fingerprint density at radius 3 is 2.59 bits per heavy atom. The van der Waals surface area contributed by atoms with Gasteiger partial charge in [0.1, 0.15) is 24.4 Å². The van der Waals surface area contributed by atoms with Crippen LogP contribution >= 0.6 is 0 Å². The lowest BCUT2D eigenvalue weighted by molar-refractivity contribution is -0.146. The van der Waals surface area contributed by atoms with Crippen LogP contribution in [-0.2, 0) is 16.1 Å². The molecule has 1 aliphatic heterocycles. The molecule has 1 fully saturated rings. The highest BCUT2D eigenvalue weighted by molar-refractivity contribution is 5.81. The zero-order chi connectivity index (χ0) is 28.2. The molecule has 4 rings (SSSR count). The van der Waals surface area contributed by atoms with Crippen molar-refractivity contribution >= 4 is 5.91 Å². The first-order valence-electron chi connectivity index (χ1n) is 13.3. The maximum atomic E-state index is 14.8. The number of carbonyl (C=O) groups is 1. The van der Waals surface area contributed by atoms with E-state index in [1.165, 1.54) is 0 Å². The number of halogens is 3. The Morgan fingerprint density at radius 2 is 1.95 bits per heavy atom. The fraction of sp³-hybridized carbons (Fsp3) is 0.483. The normalized spacial score (nSPS) is 17.3. The number of hydrogen-bond acceptors (Lipinski definition) is 5. The number of nitrogens with two attached hydrogens (primary N) is 1. The molecule has 0 spiro atoms. The van der Waals surface area contributed by atoms with Crippen LogP contribution in [0.25, 0.3) is 11.4 Å². The Hall–Kier alpha value is -3.24. The van der Waals surface area contributed by atoms with Gasteiger partial charge in [0.15, 0.2) is 11.6 Å². The molecule has 0 saturated carbocycles. The lowest BCUT2D eigenvalue weighted by atomic mass is 9.84. The van der Waals surface area contributed by atoms with Gasteiger partial charge in [0.25, 0.3) is 5.91 Å². The molecule has 0 unspecified atom stereocenters. The summed E-state index contributed by atoms with van der Waals surface area (Å²) in [7, 11) is 0. The molecule has 2 N–H and O–H groups in total. The number of alkyl halides is 1. The SMILES string of the molecule is CC(C)(C)[C@H](c1nc(-c2cc(F)ccc2F)nn1Cc1ccccc1)N(CC[C@@H](N)CF)C(=O)[C@@H]1CCCO1. The summed E-state index contributed by atoms with van der Waals surface area (Å²) in [4.78, 5) is 20.2. The van der Waals surface area contributed by atoms with Crippen molar-refractivity contribution in [3.63, 3.8) is 0 Å². The van der Waals surface area contributed by atoms with Crippen molar-refractivity contribution in [2.24, 2.45) is 11.1 Å². The third kappa shape index (κ3) is 6.86. The van der Waals surface area contributed by atoms with Crippen LogP contribution in [0.15, 0.2) is 48.5 Å². The van der Waals surface area contributed by atoms with E-state index >= 15 is 0 Å². The lowest BCUT2D eigenvalue weighted by Crippen LogP contribution is -2.48. The monoisotopic (exact) mass is 543 g/mol. The maximum absolute atomic E-state index is 14.8. The molecule has 3 atom stereocenters. The number of nitrogens with zero attached hydrogens (tertiary/aromatic N) is 4. The van der Waals surface area contributed by atoms with Crippen LogP contribution in [0.5, 0.6) is 0 Å². The van der Waals surface area contributed by atoms with E-state index in [0.29, 0.717) is 25.4 Å². The minimum absolute atomic E-state index is 0.0113. The largest absolute Gasteiger partial charge is 0.368 e. The van der Waals surface area contributed by atoms with Gasteiger partial charge >= 0.3 is 0 Å². The Bertz CT molecular complexity index is 1260. The molecular formula is C29H36F3N5O2. The fourth-order valence-electron chi connectivity index (χ4n) is 4.91. The Morgan fingerprint density at radius 1 is 1.21 bits per heavy atom. The number of ether oxygens (including phenoxy) is 1. The summed E-state index contributed by atoms with van der Waals surface area (Å²) >= 11 is 0. The van der Waals surface area contributed by atoms with Crippen LogP contribution < -0.4 is 5.73 Å². The molecule has 39 heavy (non-hydrogen) atoms. The number of rotatable bonds is 10. The average Bonchev–Trinajstić information content (AvgIpc) is 3.58. The van der Waals surface area contributed by atoms with Crippen LogP contribution in [0.4, 0.5) is 13.2 Å². The highest BCUT2D eigenvalue weighted by Gasteiger charge is 2.41. The Labute approximate surface area is 227 Å². The fourth-order valence-corrected chi connectivity index (χ4v) is 4.91. The van der Waals surface area contributed by atoms with E-state index in [4.69, 9.17) is 15.5 Å². The van der Waals surface area contributed by atoms with Crippen molar-refractivity contribution in [3.05, 3.63) is 71.6 Å². The quantitative estimate of drug-likeness (QED) is 0.387. The molecule has 10 heteroatoms. The molecule has 0 aliphatic carbocycles. The lowest BCUT2D eigenvalue weighted by Gasteiger charge is -2.41. The smallest absolute Gasteiger partial charge is 0.252 e. The second-order valence-electron chi connectivity index (χ2n) is 11.1. The molecule has 0 bridgehead atoms. The van der Waals surface area contributed by atoms with Gasteiger partial charge in [-0.05, 0) is 48.4 Å². The van der Waals surface area contributed by atoms with Gasteiger partial charge in [-0.15, -0.1) is 0 Å². The number of benzene rings is 2. The number of hydrogen-bond donors (Lipinski definition) is 1. The molecule has 1 amide bonds. The number of carbonyl (C=O) groups excluding carboxylic acids is 1. The van der Waals surface area contributed by atoms with Crippen LogP contribution in [0.3, 0.4) is 0 Å². The first-order chi connectivity index (χ1) is 18.6. The maximum Gasteiger partial charge on any atom is 0.252 e. The van der Waals surface area contributed by atoms with E-state index in [2.05, 4.69) is 5.10 Å². The zero-order valence-electron chi connectivity index (χ0n) is 22.6. The second kappa shape index (κ2) is 12.3. The summed E-state index contributed by atoms with van der Waals surface area (Å²) in [6, 6.07) is 11.3. The predicted octanol–water partition coefficient (Wildman–Crippen LogP) is 5.05. The van der Waals surface area contributed by atoms with Gasteiger partial charge < -0.3 is 15.4 Å². The molecule has 210 valence electrons. The molecule has 1 aliphatic rings. The van der Waals surface area contributed by atoms with Crippen LogP contribution in [0, 0.1) is 17.0 Å². The van der Waals surface area contributed by atoms with Gasteiger partial charge in [-0.3, -0.25) is 4.79 Å². The van der Waals surface area contributed by atoms with E-state index in [9.17, 15) is 18.0 Å². The summed E-state index contributed by atoms with van der Waals surface area (Å²) in [5, 5.41) is 4.61. The molecule has 7 nitrogen and oxygen atoms in total. The van der Waals surface area contributed by atoms with Gasteiger partial charge in [-0.2, -0.15) is 5.10 Å². The second-order valence-corrected chi connectivity index (χ2v) is 11.1. The minimum Gasteiger partial charge on any atom is -0.368 e. The van der Waals surface area contributed by atoms with Crippen molar-refractivity contribution in [3.8, 4) is 11.4 Å². The van der Waals surface area contributed by atoms with Crippen LogP contribution in [-0.4, -0.2) is 57.5 Å². The van der Waals surface area contributed by atoms with Gasteiger partial charge in [0.2, 0.25) is 0 Å². The van der Waals surface area contributed by atoms with E-state index in [1.807, 2.05) is 51.1 Å². The summed E-state index contributed by atoms with van der Waals surface area (Å²) in [5.74, 6) is -1.09. The third-order valence-corrected chi connectivity index (χ3v) is 6.85. The first-order valence-corrected chi connectivity index (χ1v) is 13.3. The van der Waals surface area contributed by atoms with Crippen molar-refractivity contribution in [1.82, 2.24) is 19.7 Å². The van der Waals surface area contributed by atoms with Crippen LogP contribution in [0.2, 0.25) is 0 Å². The Balaban J connectivity index is 1.86. The molecule has 1 saturated heterocycles. The number of aromatic nitrogens is 3. The molecule has 2 heterocycles. The highest BCUT2D eigenvalue weighted by Crippen LogP contribution is 2.40. The molecule has 3 aromatic rings. The topological polar surface area (TPSA) is 86.3 Å². The van der Waals surface area contributed by atoms with E-state index in [0.717, 1.165) is 30.2 Å². The van der Waals surface area contributed by atoms with Crippen molar-refractivity contribution in [1.29, 1.82) is 0 Å². The minimum atomic E-state index is -0.732. The first kappa shape index (κ1) is 28.8. The van der Waals surface area contributed by atoms with Gasteiger partial charge in [-0.1, -0.05) is 51.1 Å². The van der Waals surface area contributed by atoms with Crippen molar-refractivity contribution < 1.29 is 22.7 Å². The van der Waals surface area contributed by atoms with Crippen molar-refractivity contribution in [2.45, 2.75) is 64.8 Å². The summed E-state index contributed by atoms with van der Waals surface area (Å²) < 4.78 is 49.6. The van der Waals surface area contributed by atoms with E-state index < -0.39 is 41.9 Å². The molecule has 2 aromatic carbocycles. The van der Waals surface area contributed by atoms with Gasteiger partial charge in [-0.25, -0.2) is 22.8 Å². The number of amides is 1. The summed E-state index contributed by atoms with van der Waals surface area (Å²) in [5.41, 5.74) is 6.17. The summed E-state index contributed by atoms with van der Waals surface area (Å²) in [6.45, 7) is 6.13. The highest BCUT2D eigenvalue weighted by atomic mass is 19.1. The summed E-state index contributed by atoms with van der Waals surface area (Å²) in [6.07, 6.45) is 0.959. The average molecular weight is 544 g/mol.